The van der Waals surface area contributed by atoms with Gasteiger partial charge in [-0.3, -0.25) is 0 Å². The van der Waals surface area contributed by atoms with Crippen molar-refractivity contribution < 1.29 is 0 Å². The molecule has 4 heteroatoms. The summed E-state index contributed by atoms with van der Waals surface area (Å²) >= 11 is 0. The van der Waals surface area contributed by atoms with E-state index in [1.807, 2.05) is 6.92 Å². The zero-order chi connectivity index (χ0) is 13.9. The predicted molar refractivity (Wildman–Crippen MR) is 71.9 cm³/mol. The van der Waals surface area contributed by atoms with Gasteiger partial charge >= 0.3 is 0 Å². The number of rotatable bonds is 9. The van der Waals surface area contributed by atoms with Crippen molar-refractivity contribution in [3.63, 3.8) is 0 Å². The molecule has 0 radical (unpaired) electrons. The molecule has 0 spiro atoms. The Balaban J connectivity index is 4.33. The van der Waals surface area contributed by atoms with E-state index in [1.54, 1.807) is 6.92 Å². The van der Waals surface area contributed by atoms with E-state index < -0.39 is 11.6 Å². The van der Waals surface area contributed by atoms with E-state index in [-0.39, 0.29) is 0 Å². The predicted octanol–water partition coefficient (Wildman–Crippen LogP) is 4.38. The summed E-state index contributed by atoms with van der Waals surface area (Å²) in [6.45, 7) is 5.96. The highest BCUT2D eigenvalue weighted by molar-refractivity contribution is 5.03. The molecule has 18 heavy (non-hydrogen) atoms. The molecular weight excluding hydrogens is 224 g/mol. The van der Waals surface area contributed by atoms with E-state index >= 15 is 0 Å². The first-order valence-electron chi connectivity index (χ1n) is 6.84. The van der Waals surface area contributed by atoms with Gasteiger partial charge in [0.25, 0.3) is 0 Å². The number of nitriles is 2. The molecule has 0 heterocycles. The van der Waals surface area contributed by atoms with Crippen LogP contribution in [0, 0.1) is 22.7 Å². The molecule has 0 aromatic carbocycles. The van der Waals surface area contributed by atoms with Crippen molar-refractivity contribution in [1.82, 2.24) is 0 Å². The first-order valence-corrected chi connectivity index (χ1v) is 6.84. The highest BCUT2D eigenvalue weighted by Crippen LogP contribution is 2.20. The van der Waals surface area contributed by atoms with Crippen molar-refractivity contribution in [3.8, 4) is 12.1 Å². The quantitative estimate of drug-likeness (QED) is 0.448. The SMILES string of the molecule is CCCCCCC(C)(C#N)N=NC(C#N)CCC. The van der Waals surface area contributed by atoms with Gasteiger partial charge in [0, 0.05) is 0 Å². The van der Waals surface area contributed by atoms with Crippen LogP contribution in [0.1, 0.15) is 65.7 Å². The van der Waals surface area contributed by atoms with E-state index in [4.69, 9.17) is 5.26 Å². The van der Waals surface area contributed by atoms with Gasteiger partial charge in [0.2, 0.25) is 0 Å². The summed E-state index contributed by atoms with van der Waals surface area (Å²) in [6, 6.07) is 3.91. The Kier molecular flexibility index (Phi) is 8.84. The molecule has 0 amide bonds. The minimum absolute atomic E-state index is 0.404. The average molecular weight is 248 g/mol. The van der Waals surface area contributed by atoms with E-state index in [2.05, 4.69) is 29.3 Å². The van der Waals surface area contributed by atoms with Crippen molar-refractivity contribution in [2.45, 2.75) is 77.3 Å². The molecular formula is C14H24N4. The Morgan fingerprint density at radius 3 is 2.33 bits per heavy atom. The molecule has 4 nitrogen and oxygen atoms in total. The molecule has 2 unspecified atom stereocenters. The van der Waals surface area contributed by atoms with Crippen LogP contribution in [-0.2, 0) is 0 Å². The average Bonchev–Trinajstić information content (AvgIpc) is 2.39. The first-order chi connectivity index (χ1) is 8.61. The standard InChI is InChI=1S/C14H24N4/c1-4-6-7-8-10-14(3,12-16)18-17-13(11-15)9-5-2/h13H,4-10H2,1-3H3. The maximum Gasteiger partial charge on any atom is 0.164 e. The van der Waals surface area contributed by atoms with Gasteiger partial charge in [0.15, 0.2) is 11.6 Å². The molecule has 0 aliphatic carbocycles. The molecule has 2 atom stereocenters. The van der Waals surface area contributed by atoms with Gasteiger partial charge in [0.05, 0.1) is 12.1 Å². The molecule has 0 aliphatic rings. The van der Waals surface area contributed by atoms with E-state index in [0.29, 0.717) is 6.42 Å². The lowest BCUT2D eigenvalue weighted by atomic mass is 9.97. The number of hydrogen-bond acceptors (Lipinski definition) is 4. The largest absolute Gasteiger partial charge is 0.196 e. The van der Waals surface area contributed by atoms with Gasteiger partial charge < -0.3 is 0 Å². The zero-order valence-electron chi connectivity index (χ0n) is 11.8. The highest BCUT2D eigenvalue weighted by Gasteiger charge is 2.23. The zero-order valence-corrected chi connectivity index (χ0v) is 11.8. The maximum atomic E-state index is 9.17. The van der Waals surface area contributed by atoms with Crippen molar-refractivity contribution in [2.24, 2.45) is 10.2 Å². The lowest BCUT2D eigenvalue weighted by Gasteiger charge is -2.15. The monoisotopic (exact) mass is 248 g/mol. The molecule has 100 valence electrons. The lowest BCUT2D eigenvalue weighted by Crippen LogP contribution is -2.19. The Morgan fingerprint density at radius 2 is 1.83 bits per heavy atom. The highest BCUT2D eigenvalue weighted by atomic mass is 15.2. The van der Waals surface area contributed by atoms with Crippen LogP contribution in [0.4, 0.5) is 0 Å². The third kappa shape index (κ3) is 7.01. The molecule has 0 aliphatic heterocycles. The normalized spacial score (nSPS) is 15.8. The van der Waals surface area contributed by atoms with Gasteiger partial charge in [-0.2, -0.15) is 20.8 Å². The Labute approximate surface area is 111 Å². The topological polar surface area (TPSA) is 72.3 Å². The van der Waals surface area contributed by atoms with Crippen LogP contribution < -0.4 is 0 Å². The summed E-state index contributed by atoms with van der Waals surface area (Å²) < 4.78 is 0. The first kappa shape index (κ1) is 16.6. The molecule has 0 saturated heterocycles. The van der Waals surface area contributed by atoms with Crippen molar-refractivity contribution >= 4 is 0 Å². The number of nitrogens with zero attached hydrogens (tertiary/aromatic N) is 4. The van der Waals surface area contributed by atoms with E-state index in [9.17, 15) is 5.26 Å². The van der Waals surface area contributed by atoms with Gasteiger partial charge in [0.1, 0.15) is 0 Å². The third-order valence-electron chi connectivity index (χ3n) is 2.89. The summed E-state index contributed by atoms with van der Waals surface area (Å²) in [5.41, 5.74) is -0.767. The number of unbranched alkanes of at least 4 members (excludes halogenated alkanes) is 3. The van der Waals surface area contributed by atoms with Crippen LogP contribution in [0.2, 0.25) is 0 Å². The molecule has 0 rings (SSSR count). The fourth-order valence-corrected chi connectivity index (χ4v) is 1.64. The van der Waals surface area contributed by atoms with Gasteiger partial charge in [-0.05, 0) is 26.2 Å². The maximum absolute atomic E-state index is 9.17. The Bertz CT molecular complexity index is 324. The van der Waals surface area contributed by atoms with Gasteiger partial charge in [-0.25, -0.2) is 0 Å². The smallest absolute Gasteiger partial charge is 0.164 e. The fourth-order valence-electron chi connectivity index (χ4n) is 1.64. The van der Waals surface area contributed by atoms with Crippen LogP contribution in [0.5, 0.6) is 0 Å². The molecule has 0 aromatic heterocycles. The number of hydrogen-bond donors (Lipinski definition) is 0. The molecule has 0 N–H and O–H groups in total. The summed E-state index contributed by atoms with van der Waals surface area (Å²) in [4.78, 5) is 0. The van der Waals surface area contributed by atoms with E-state index in [0.717, 1.165) is 25.7 Å². The summed E-state index contributed by atoms with van der Waals surface area (Å²) in [6.07, 6.45) is 6.81. The van der Waals surface area contributed by atoms with Crippen molar-refractivity contribution in [1.29, 1.82) is 10.5 Å². The summed E-state index contributed by atoms with van der Waals surface area (Å²) in [7, 11) is 0. The molecule has 0 aromatic rings. The minimum atomic E-state index is -0.767. The van der Waals surface area contributed by atoms with E-state index in [1.165, 1.54) is 12.8 Å². The van der Waals surface area contributed by atoms with Gasteiger partial charge in [-0.1, -0.05) is 39.5 Å². The van der Waals surface area contributed by atoms with Crippen molar-refractivity contribution in [2.75, 3.05) is 0 Å². The van der Waals surface area contributed by atoms with Crippen LogP contribution in [0.25, 0.3) is 0 Å². The summed E-state index contributed by atoms with van der Waals surface area (Å²) in [5.74, 6) is 0. The Morgan fingerprint density at radius 1 is 1.11 bits per heavy atom. The lowest BCUT2D eigenvalue weighted by molar-refractivity contribution is 0.469. The second kappa shape index (κ2) is 9.59. The second-order valence-corrected chi connectivity index (χ2v) is 4.85. The number of azo groups is 1. The van der Waals surface area contributed by atoms with Crippen LogP contribution in [0.3, 0.4) is 0 Å². The molecule has 0 bridgehead atoms. The minimum Gasteiger partial charge on any atom is -0.196 e. The second-order valence-electron chi connectivity index (χ2n) is 4.85. The summed E-state index contributed by atoms with van der Waals surface area (Å²) in [5, 5.41) is 26.2. The van der Waals surface area contributed by atoms with Crippen LogP contribution in [-0.4, -0.2) is 11.6 Å². The van der Waals surface area contributed by atoms with Gasteiger partial charge in [-0.15, -0.1) is 0 Å². The molecule has 0 saturated carbocycles. The van der Waals surface area contributed by atoms with Crippen molar-refractivity contribution in [3.05, 3.63) is 0 Å². The van der Waals surface area contributed by atoms with Crippen LogP contribution in [0.15, 0.2) is 10.2 Å². The van der Waals surface area contributed by atoms with Crippen LogP contribution >= 0.6 is 0 Å². The fraction of sp³-hybridized carbons (Fsp3) is 0.857. The molecule has 0 fully saturated rings. The third-order valence-corrected chi connectivity index (χ3v) is 2.89. The Hall–Kier alpha value is -1.42.